The summed E-state index contributed by atoms with van der Waals surface area (Å²) in [6.07, 6.45) is 4.44. The van der Waals surface area contributed by atoms with Gasteiger partial charge in [0.05, 0.1) is 12.5 Å². The first kappa shape index (κ1) is 14.1. The van der Waals surface area contributed by atoms with E-state index in [1.807, 2.05) is 20.8 Å². The zero-order chi connectivity index (χ0) is 14.9. The fourth-order valence-electron chi connectivity index (χ4n) is 1.91. The number of fused-ring (bicyclic) bond motifs is 1. The predicted octanol–water partition coefficient (Wildman–Crippen LogP) is 3.47. The van der Waals surface area contributed by atoms with E-state index < -0.39 is 11.7 Å². The van der Waals surface area contributed by atoms with Crippen molar-refractivity contribution in [1.82, 2.24) is 9.55 Å². The van der Waals surface area contributed by atoms with Crippen molar-refractivity contribution < 1.29 is 14.3 Å². The van der Waals surface area contributed by atoms with Crippen LogP contribution >= 0.6 is 0 Å². The molecule has 0 saturated heterocycles. The van der Waals surface area contributed by atoms with Crippen LogP contribution in [0.25, 0.3) is 17.1 Å². The topological polar surface area (TPSA) is 53.4 Å². The average Bonchev–Trinajstić information content (AvgIpc) is 2.79. The van der Waals surface area contributed by atoms with Gasteiger partial charge in [-0.25, -0.2) is 14.3 Å². The fraction of sp³-hybridized carbons (Fsp3) is 0.333. The molecule has 20 heavy (non-hydrogen) atoms. The summed E-state index contributed by atoms with van der Waals surface area (Å²) in [5.74, 6) is 0.646. The Morgan fingerprint density at radius 3 is 2.70 bits per heavy atom. The highest BCUT2D eigenvalue weighted by Gasteiger charge is 2.21. The third-order valence-corrected chi connectivity index (χ3v) is 2.71. The first-order chi connectivity index (χ1) is 9.37. The molecule has 0 N–H and O–H groups in total. The molecule has 0 aliphatic rings. The molecule has 0 aromatic carbocycles. The lowest BCUT2D eigenvalue weighted by Gasteiger charge is -2.19. The van der Waals surface area contributed by atoms with E-state index in [-0.39, 0.29) is 0 Å². The maximum atomic E-state index is 12.1. The van der Waals surface area contributed by atoms with Crippen LogP contribution in [0.4, 0.5) is 4.79 Å². The summed E-state index contributed by atoms with van der Waals surface area (Å²) in [7, 11) is 1.58. The Bertz CT molecular complexity index is 666. The molecule has 0 atom stereocenters. The molecule has 0 aliphatic heterocycles. The first-order valence-corrected chi connectivity index (χ1v) is 6.27. The number of aromatic nitrogens is 2. The van der Waals surface area contributed by atoms with Crippen molar-refractivity contribution in [1.29, 1.82) is 0 Å². The number of nitrogens with zero attached hydrogens (tertiary/aromatic N) is 2. The van der Waals surface area contributed by atoms with Crippen LogP contribution < -0.4 is 4.74 Å². The zero-order valence-corrected chi connectivity index (χ0v) is 12.1. The molecule has 106 valence electrons. The molecule has 0 amide bonds. The number of pyridine rings is 1. The monoisotopic (exact) mass is 274 g/mol. The van der Waals surface area contributed by atoms with E-state index in [0.29, 0.717) is 11.4 Å². The van der Waals surface area contributed by atoms with Crippen molar-refractivity contribution in [3.8, 4) is 5.75 Å². The Morgan fingerprint density at radius 2 is 2.15 bits per heavy atom. The van der Waals surface area contributed by atoms with Gasteiger partial charge in [-0.15, -0.1) is 0 Å². The van der Waals surface area contributed by atoms with Gasteiger partial charge >= 0.3 is 6.09 Å². The van der Waals surface area contributed by atoms with Gasteiger partial charge in [-0.3, -0.25) is 0 Å². The minimum Gasteiger partial charge on any atom is -0.495 e. The quantitative estimate of drug-likeness (QED) is 0.841. The Labute approximate surface area is 117 Å². The molecule has 2 aromatic rings. The smallest absolute Gasteiger partial charge is 0.420 e. The number of carbonyl (C=O) groups is 1. The van der Waals surface area contributed by atoms with Crippen molar-refractivity contribution in [2.75, 3.05) is 7.11 Å². The normalized spacial score (nSPS) is 11.4. The lowest BCUT2D eigenvalue weighted by Crippen LogP contribution is -2.26. The molecule has 0 bridgehead atoms. The highest BCUT2D eigenvalue weighted by Crippen LogP contribution is 2.29. The third kappa shape index (κ3) is 2.52. The van der Waals surface area contributed by atoms with Crippen LogP contribution in [0, 0.1) is 0 Å². The Morgan fingerprint density at radius 1 is 1.45 bits per heavy atom. The van der Waals surface area contributed by atoms with Crippen LogP contribution in [0.3, 0.4) is 0 Å². The van der Waals surface area contributed by atoms with Crippen molar-refractivity contribution >= 4 is 23.2 Å². The van der Waals surface area contributed by atoms with Gasteiger partial charge in [-0.1, -0.05) is 12.7 Å². The number of rotatable bonds is 2. The minimum absolute atomic E-state index is 0.464. The fourth-order valence-corrected chi connectivity index (χ4v) is 1.91. The predicted molar refractivity (Wildman–Crippen MR) is 78.0 cm³/mol. The van der Waals surface area contributed by atoms with Gasteiger partial charge in [-0.2, -0.15) is 0 Å². The molecule has 0 unspecified atom stereocenters. The van der Waals surface area contributed by atoms with Crippen LogP contribution in [0.2, 0.25) is 0 Å². The van der Waals surface area contributed by atoms with Crippen molar-refractivity contribution in [3.05, 3.63) is 30.6 Å². The number of carbonyl (C=O) groups excluding carboxylic acids is 1. The molecular weight excluding hydrogens is 256 g/mol. The van der Waals surface area contributed by atoms with E-state index in [4.69, 9.17) is 9.47 Å². The summed E-state index contributed by atoms with van der Waals surface area (Å²) in [6, 6.07) is 1.78. The molecule has 0 aliphatic carbocycles. The second-order valence-corrected chi connectivity index (χ2v) is 5.35. The van der Waals surface area contributed by atoms with E-state index in [1.165, 1.54) is 4.57 Å². The molecule has 0 saturated carbocycles. The van der Waals surface area contributed by atoms with Crippen LogP contribution in [-0.4, -0.2) is 28.4 Å². The second kappa shape index (κ2) is 5.00. The van der Waals surface area contributed by atoms with E-state index in [9.17, 15) is 4.79 Å². The number of hydrogen-bond donors (Lipinski definition) is 0. The Kier molecular flexibility index (Phi) is 3.53. The van der Waals surface area contributed by atoms with Gasteiger partial charge in [0, 0.05) is 18.0 Å². The number of hydrogen-bond acceptors (Lipinski definition) is 4. The molecular formula is C15H18N2O3. The Hall–Kier alpha value is -2.30. The van der Waals surface area contributed by atoms with Gasteiger partial charge in [0.25, 0.3) is 0 Å². The molecule has 2 rings (SSSR count). The second-order valence-electron chi connectivity index (χ2n) is 5.35. The molecule has 0 fully saturated rings. The highest BCUT2D eigenvalue weighted by molar-refractivity contribution is 5.92. The lowest BCUT2D eigenvalue weighted by atomic mass is 10.2. The van der Waals surface area contributed by atoms with Crippen molar-refractivity contribution in [2.45, 2.75) is 26.4 Å². The van der Waals surface area contributed by atoms with Crippen LogP contribution in [0.15, 0.2) is 25.0 Å². The molecule has 0 radical (unpaired) electrons. The molecule has 0 spiro atoms. The van der Waals surface area contributed by atoms with Crippen molar-refractivity contribution in [2.24, 2.45) is 0 Å². The highest BCUT2D eigenvalue weighted by atomic mass is 16.6. The summed E-state index contributed by atoms with van der Waals surface area (Å²) >= 11 is 0. The van der Waals surface area contributed by atoms with Crippen molar-refractivity contribution in [3.63, 3.8) is 0 Å². The summed E-state index contributed by atoms with van der Waals surface area (Å²) in [4.78, 5) is 16.4. The summed E-state index contributed by atoms with van der Waals surface area (Å²) in [6.45, 7) is 9.18. The van der Waals surface area contributed by atoms with Gasteiger partial charge in [-0.05, 0) is 26.8 Å². The van der Waals surface area contributed by atoms with Crippen LogP contribution in [0.5, 0.6) is 5.75 Å². The zero-order valence-electron chi connectivity index (χ0n) is 12.1. The third-order valence-electron chi connectivity index (χ3n) is 2.71. The maximum Gasteiger partial charge on any atom is 0.420 e. The number of methoxy groups -OCH3 is 1. The summed E-state index contributed by atoms with van der Waals surface area (Å²) < 4.78 is 12.1. The van der Waals surface area contributed by atoms with E-state index >= 15 is 0 Å². The van der Waals surface area contributed by atoms with Gasteiger partial charge < -0.3 is 9.47 Å². The van der Waals surface area contributed by atoms with E-state index in [2.05, 4.69) is 11.6 Å². The van der Waals surface area contributed by atoms with Crippen LogP contribution in [0.1, 0.15) is 26.3 Å². The molecule has 5 heteroatoms. The van der Waals surface area contributed by atoms with Gasteiger partial charge in [0.1, 0.15) is 11.4 Å². The largest absolute Gasteiger partial charge is 0.495 e. The SMILES string of the molecule is C=Cc1cnc2c(ccn2C(=O)OC(C)(C)C)c1OC. The lowest BCUT2D eigenvalue weighted by molar-refractivity contribution is 0.0543. The standard InChI is InChI=1S/C15H18N2O3/c1-6-10-9-16-13-11(12(10)19-5)7-8-17(13)14(18)20-15(2,3)4/h6-9H,1H2,2-5H3. The maximum absolute atomic E-state index is 12.1. The van der Waals surface area contributed by atoms with Gasteiger partial charge in [0.2, 0.25) is 0 Å². The summed E-state index contributed by atoms with van der Waals surface area (Å²) in [5.41, 5.74) is 0.724. The minimum atomic E-state index is -0.557. The van der Waals surface area contributed by atoms with Gasteiger partial charge in [0.15, 0.2) is 5.65 Å². The molecule has 5 nitrogen and oxygen atoms in total. The number of ether oxygens (including phenoxy) is 2. The summed E-state index contributed by atoms with van der Waals surface area (Å²) in [5, 5.41) is 0.746. The first-order valence-electron chi connectivity index (χ1n) is 6.27. The Balaban J connectivity index is 2.53. The van der Waals surface area contributed by atoms with Crippen LogP contribution in [-0.2, 0) is 4.74 Å². The van der Waals surface area contributed by atoms with E-state index in [0.717, 1.165) is 10.9 Å². The average molecular weight is 274 g/mol. The molecule has 2 heterocycles. The van der Waals surface area contributed by atoms with E-state index in [1.54, 1.807) is 31.6 Å². The molecule has 2 aromatic heterocycles.